The Kier molecular flexibility index (Phi) is 10.1. The molecule has 0 radical (unpaired) electrons. The molecule has 0 saturated carbocycles. The van der Waals surface area contributed by atoms with Crippen molar-refractivity contribution in [2.45, 2.75) is 56.7 Å². The number of fused-ring (bicyclic) bond motifs is 3. The molecule has 56 heavy (non-hydrogen) atoms. The second kappa shape index (κ2) is 15.4. The summed E-state index contributed by atoms with van der Waals surface area (Å²) in [4.78, 5) is 31.5. The van der Waals surface area contributed by atoms with E-state index in [1.165, 1.54) is 11.3 Å². The Labute approximate surface area is 332 Å². The first-order chi connectivity index (χ1) is 27.3. The molecule has 2 bridgehead atoms. The van der Waals surface area contributed by atoms with Crippen molar-refractivity contribution in [3.8, 4) is 5.75 Å². The van der Waals surface area contributed by atoms with Gasteiger partial charge in [0, 0.05) is 86.0 Å². The number of halogens is 2. The molecular weight excluding hydrogens is 725 g/mol. The number of allylic oxidation sites excluding steroid dienone is 1. The smallest absolute Gasteiger partial charge is 0.249 e. The van der Waals surface area contributed by atoms with E-state index in [-0.39, 0.29) is 29.4 Å². The molecule has 288 valence electrons. The second-order valence-electron chi connectivity index (χ2n) is 15.9. The number of benzene rings is 4. The largest absolute Gasteiger partial charge is 0.508 e. The number of alkyl halides is 1. The number of amides is 2. The van der Waals surface area contributed by atoms with Crippen molar-refractivity contribution in [1.82, 2.24) is 14.8 Å². The third-order valence-electron chi connectivity index (χ3n) is 12.5. The van der Waals surface area contributed by atoms with Crippen LogP contribution in [0.4, 0.5) is 15.8 Å². The Morgan fingerprint density at radius 1 is 0.821 bits per heavy atom. The van der Waals surface area contributed by atoms with Crippen molar-refractivity contribution in [2.75, 3.05) is 48.4 Å². The zero-order valence-corrected chi connectivity index (χ0v) is 32.2. The van der Waals surface area contributed by atoms with Gasteiger partial charge in [0.15, 0.2) is 0 Å². The normalized spacial score (nSPS) is 22.2. The van der Waals surface area contributed by atoms with Crippen LogP contribution in [0.25, 0.3) is 21.9 Å². The number of phenols is 1. The minimum absolute atomic E-state index is 0.225. The third-order valence-corrected chi connectivity index (χ3v) is 12.7. The highest BCUT2D eigenvalue weighted by atomic mass is 35.5. The van der Waals surface area contributed by atoms with Crippen molar-refractivity contribution < 1.29 is 19.1 Å². The molecule has 4 aromatic carbocycles. The van der Waals surface area contributed by atoms with E-state index in [2.05, 4.69) is 68.5 Å². The van der Waals surface area contributed by atoms with Crippen LogP contribution in [0.15, 0.2) is 103 Å². The number of carbonyl (C=O) groups excluding carboxylic acids is 2. The summed E-state index contributed by atoms with van der Waals surface area (Å²) in [7, 11) is 0. The molecule has 3 unspecified atom stereocenters. The van der Waals surface area contributed by atoms with Gasteiger partial charge in [0.1, 0.15) is 17.6 Å². The number of piperidine rings is 2. The lowest BCUT2D eigenvalue weighted by molar-refractivity contribution is -0.135. The molecule has 3 atom stereocenters. The SMILES string of the molecule is O=C1CCC(n2cc3cc(F)c(N4CC5CC4CN5CC4CCN(c5ccc(C(=C(CCCl)c6ccccc6)c6ccc(O)cc6)cc5)CC4)cc3c2)C(=O)N1. The van der Waals surface area contributed by atoms with Crippen LogP contribution in [-0.4, -0.2) is 77.1 Å². The predicted octanol–water partition coefficient (Wildman–Crippen LogP) is 8.23. The monoisotopic (exact) mass is 771 g/mol. The molecule has 4 aliphatic heterocycles. The molecule has 2 N–H and O–H groups in total. The number of nitrogens with one attached hydrogen (secondary N) is 1. The fourth-order valence-corrected chi connectivity index (χ4v) is 9.83. The number of likely N-dealkylation sites (tertiary alicyclic amines) is 1. The molecule has 4 aliphatic rings. The number of hydrogen-bond donors (Lipinski definition) is 2. The number of piperazine rings is 1. The number of hydrogen-bond acceptors (Lipinski definition) is 6. The van der Waals surface area contributed by atoms with Gasteiger partial charge in [-0.25, -0.2) is 4.39 Å². The van der Waals surface area contributed by atoms with E-state index >= 15 is 4.39 Å². The van der Waals surface area contributed by atoms with Crippen molar-refractivity contribution in [1.29, 1.82) is 0 Å². The molecule has 2 amide bonds. The van der Waals surface area contributed by atoms with Gasteiger partial charge in [0.05, 0.1) is 5.69 Å². The standard InChI is InChI=1S/C46H47ClFN5O3/c47-19-16-40(31-4-2-1-3-5-31)45(33-8-12-39(54)13-9-33)32-6-10-36(11-7-32)50-20-17-30(18-21-50)25-51-28-38-24-37(51)29-53(38)43-23-35-27-52(26-34(35)22-41(43)48)42-14-15-44(55)49-46(42)56/h1-13,22-23,26-27,30,37-38,42,54H,14-21,24-25,28-29H2,(H,49,55,56). The minimum Gasteiger partial charge on any atom is -0.508 e. The van der Waals surface area contributed by atoms with E-state index in [0.717, 1.165) is 91.4 Å². The Bertz CT molecular complexity index is 2270. The summed E-state index contributed by atoms with van der Waals surface area (Å²) in [6.45, 7) is 4.89. The Balaban J connectivity index is 0.831. The summed E-state index contributed by atoms with van der Waals surface area (Å²) >= 11 is 6.37. The van der Waals surface area contributed by atoms with Crippen LogP contribution in [0.2, 0.25) is 0 Å². The highest BCUT2D eigenvalue weighted by molar-refractivity contribution is 6.18. The van der Waals surface area contributed by atoms with Crippen LogP contribution >= 0.6 is 11.6 Å². The molecular formula is C46H47ClFN5O3. The number of carbonyl (C=O) groups is 2. The number of aromatic nitrogens is 1. The van der Waals surface area contributed by atoms with Crippen LogP contribution in [0, 0.1) is 11.7 Å². The molecule has 0 spiro atoms. The Hall–Kier alpha value is -5.12. The Morgan fingerprint density at radius 2 is 1.52 bits per heavy atom. The molecule has 1 aromatic heterocycles. The van der Waals surface area contributed by atoms with Gasteiger partial charge in [-0.3, -0.25) is 19.8 Å². The number of nitrogens with zero attached hydrogens (tertiary/aromatic N) is 4. The van der Waals surface area contributed by atoms with Gasteiger partial charge in [-0.05, 0) is 102 Å². The highest BCUT2D eigenvalue weighted by Gasteiger charge is 2.44. The van der Waals surface area contributed by atoms with Crippen LogP contribution in [0.3, 0.4) is 0 Å². The molecule has 5 heterocycles. The summed E-state index contributed by atoms with van der Waals surface area (Å²) in [6.07, 6.45) is 8.55. The maximum atomic E-state index is 15.6. The lowest BCUT2D eigenvalue weighted by Crippen LogP contribution is -2.49. The predicted molar refractivity (Wildman–Crippen MR) is 222 cm³/mol. The minimum atomic E-state index is -0.455. The molecule has 4 fully saturated rings. The van der Waals surface area contributed by atoms with Crippen LogP contribution in [0.1, 0.15) is 61.3 Å². The van der Waals surface area contributed by atoms with Gasteiger partial charge >= 0.3 is 0 Å². The molecule has 4 saturated heterocycles. The van der Waals surface area contributed by atoms with Crippen LogP contribution in [0.5, 0.6) is 5.75 Å². The summed E-state index contributed by atoms with van der Waals surface area (Å²) in [5.41, 5.74) is 7.52. The average molecular weight is 772 g/mol. The van der Waals surface area contributed by atoms with E-state index in [9.17, 15) is 14.7 Å². The first-order valence-electron chi connectivity index (χ1n) is 20.0. The summed E-state index contributed by atoms with van der Waals surface area (Å²) in [5.74, 6) is 0.619. The summed E-state index contributed by atoms with van der Waals surface area (Å²) < 4.78 is 17.4. The summed E-state index contributed by atoms with van der Waals surface area (Å²) in [6, 6.07) is 30.6. The van der Waals surface area contributed by atoms with Gasteiger partial charge < -0.3 is 19.5 Å². The first-order valence-corrected chi connectivity index (χ1v) is 20.5. The molecule has 0 aliphatic carbocycles. The van der Waals surface area contributed by atoms with E-state index in [1.54, 1.807) is 18.2 Å². The fraction of sp³-hybridized carbons (Fsp3) is 0.348. The van der Waals surface area contributed by atoms with Crippen molar-refractivity contribution in [3.63, 3.8) is 0 Å². The fourth-order valence-electron chi connectivity index (χ4n) is 9.65. The maximum Gasteiger partial charge on any atom is 0.249 e. The van der Waals surface area contributed by atoms with E-state index in [0.29, 0.717) is 36.4 Å². The van der Waals surface area contributed by atoms with Crippen LogP contribution in [-0.2, 0) is 9.59 Å². The maximum absolute atomic E-state index is 15.6. The number of aromatic hydroxyl groups is 1. The Morgan fingerprint density at radius 3 is 2.18 bits per heavy atom. The zero-order valence-electron chi connectivity index (χ0n) is 31.4. The van der Waals surface area contributed by atoms with Gasteiger partial charge in [-0.2, -0.15) is 0 Å². The summed E-state index contributed by atoms with van der Waals surface area (Å²) in [5, 5.41) is 14.1. The number of rotatable bonds is 10. The lowest BCUT2D eigenvalue weighted by atomic mass is 9.88. The van der Waals surface area contributed by atoms with Gasteiger partial charge in [-0.15, -0.1) is 11.6 Å². The van der Waals surface area contributed by atoms with E-state index < -0.39 is 6.04 Å². The van der Waals surface area contributed by atoms with Gasteiger partial charge in [0.2, 0.25) is 11.8 Å². The average Bonchev–Trinajstić information content (AvgIpc) is 3.93. The van der Waals surface area contributed by atoms with E-state index in [1.807, 2.05) is 41.2 Å². The molecule has 9 rings (SSSR count). The molecule has 8 nitrogen and oxygen atoms in total. The van der Waals surface area contributed by atoms with Crippen molar-refractivity contribution in [2.24, 2.45) is 5.92 Å². The van der Waals surface area contributed by atoms with E-state index in [4.69, 9.17) is 11.6 Å². The first kappa shape index (κ1) is 36.5. The number of imide groups is 1. The number of phenolic OH excluding ortho intramolecular Hbond substituents is 1. The lowest BCUT2D eigenvalue weighted by Gasteiger charge is -2.40. The quantitative estimate of drug-likeness (QED) is 0.0847. The zero-order chi connectivity index (χ0) is 38.3. The molecule has 10 heteroatoms. The number of anilines is 2. The highest BCUT2D eigenvalue weighted by Crippen LogP contribution is 2.40. The van der Waals surface area contributed by atoms with Crippen LogP contribution < -0.4 is 15.1 Å². The van der Waals surface area contributed by atoms with Crippen molar-refractivity contribution in [3.05, 3.63) is 126 Å². The van der Waals surface area contributed by atoms with Crippen molar-refractivity contribution >= 4 is 56.7 Å². The second-order valence-corrected chi connectivity index (χ2v) is 16.3. The third kappa shape index (κ3) is 7.19. The molecule has 5 aromatic rings. The van der Waals surface area contributed by atoms with Gasteiger partial charge in [-0.1, -0.05) is 54.6 Å². The topological polar surface area (TPSA) is 81.1 Å². The van der Waals surface area contributed by atoms with Gasteiger partial charge in [0.25, 0.3) is 0 Å².